The van der Waals surface area contributed by atoms with E-state index in [0.29, 0.717) is 0 Å². The van der Waals surface area contributed by atoms with Gasteiger partial charge in [-0.2, -0.15) is 13.2 Å². The fraction of sp³-hybridized carbons (Fsp3) is 0.222. The molecule has 0 unspecified atom stereocenters. The van der Waals surface area contributed by atoms with Crippen molar-refractivity contribution >= 4 is 18.3 Å². The molecule has 0 saturated heterocycles. The van der Waals surface area contributed by atoms with E-state index in [1.165, 1.54) is 0 Å². The van der Waals surface area contributed by atoms with Crippen LogP contribution in [0.15, 0.2) is 18.2 Å². The maximum Gasteiger partial charge on any atom is 0.416 e. The van der Waals surface area contributed by atoms with Crippen LogP contribution in [0.2, 0.25) is 0 Å². The van der Waals surface area contributed by atoms with Gasteiger partial charge in [-0.15, -0.1) is 12.4 Å². The van der Waals surface area contributed by atoms with E-state index >= 15 is 0 Å². The number of benzene rings is 1. The van der Waals surface area contributed by atoms with Crippen LogP contribution in [0.4, 0.5) is 17.6 Å². The highest BCUT2D eigenvalue weighted by molar-refractivity contribution is 5.85. The first-order valence-electron chi connectivity index (χ1n) is 4.15. The molecule has 0 aliphatic carbocycles. The van der Waals surface area contributed by atoms with Crippen LogP contribution in [0.3, 0.4) is 0 Å². The van der Waals surface area contributed by atoms with Gasteiger partial charge in [0.05, 0.1) is 5.56 Å². The standard InChI is InChI=1S/C9H8F4N2O.ClH/c10-4-1-2-5(7(14)8(15)16)6(3-4)9(11,12)13;/h1-3,7H,14H2,(H2,15,16);1H/t7-;/m0./s1. The first-order valence-corrected chi connectivity index (χ1v) is 4.15. The van der Waals surface area contributed by atoms with Crippen molar-refractivity contribution in [2.45, 2.75) is 12.2 Å². The van der Waals surface area contributed by atoms with Gasteiger partial charge in [0.15, 0.2) is 0 Å². The third-order valence-electron chi connectivity index (χ3n) is 1.96. The first-order chi connectivity index (χ1) is 7.23. The summed E-state index contributed by atoms with van der Waals surface area (Å²) in [6, 6.07) is 0.247. The molecule has 0 saturated carbocycles. The molecule has 1 amide bonds. The number of primary amides is 1. The van der Waals surface area contributed by atoms with Crippen LogP contribution >= 0.6 is 12.4 Å². The minimum Gasteiger partial charge on any atom is -0.368 e. The van der Waals surface area contributed by atoms with Gasteiger partial charge in [0.2, 0.25) is 5.91 Å². The second kappa shape index (κ2) is 5.33. The maximum atomic E-state index is 12.7. The van der Waals surface area contributed by atoms with Crippen molar-refractivity contribution in [1.82, 2.24) is 0 Å². The summed E-state index contributed by atoms with van der Waals surface area (Å²) in [7, 11) is 0. The Labute approximate surface area is 100 Å². The molecule has 96 valence electrons. The SMILES string of the molecule is Cl.NC(=O)[C@@H](N)c1ccc(F)cc1C(F)(F)F. The van der Waals surface area contributed by atoms with Gasteiger partial charge in [0.1, 0.15) is 11.9 Å². The lowest BCUT2D eigenvalue weighted by molar-refractivity contribution is -0.138. The highest BCUT2D eigenvalue weighted by Crippen LogP contribution is 2.34. The molecule has 0 radical (unpaired) electrons. The number of hydrogen-bond donors (Lipinski definition) is 2. The molecule has 1 rings (SSSR count). The van der Waals surface area contributed by atoms with Crippen molar-refractivity contribution in [2.24, 2.45) is 11.5 Å². The van der Waals surface area contributed by atoms with E-state index in [4.69, 9.17) is 11.5 Å². The number of hydrogen-bond acceptors (Lipinski definition) is 2. The number of alkyl halides is 3. The van der Waals surface area contributed by atoms with E-state index in [0.717, 1.165) is 12.1 Å². The number of nitrogens with two attached hydrogens (primary N) is 2. The Balaban J connectivity index is 0.00000256. The van der Waals surface area contributed by atoms with Crippen LogP contribution in [0.1, 0.15) is 17.2 Å². The molecule has 0 aliphatic heterocycles. The molecule has 1 aromatic carbocycles. The quantitative estimate of drug-likeness (QED) is 0.805. The Kier molecular flexibility index (Phi) is 4.91. The van der Waals surface area contributed by atoms with E-state index in [9.17, 15) is 22.4 Å². The van der Waals surface area contributed by atoms with E-state index in [1.54, 1.807) is 0 Å². The number of halogens is 5. The second-order valence-electron chi connectivity index (χ2n) is 3.11. The maximum absolute atomic E-state index is 12.7. The second-order valence-corrected chi connectivity index (χ2v) is 3.11. The summed E-state index contributed by atoms with van der Waals surface area (Å²) in [4.78, 5) is 10.7. The van der Waals surface area contributed by atoms with E-state index in [-0.39, 0.29) is 18.5 Å². The predicted octanol–water partition coefficient (Wildman–Crippen LogP) is 1.75. The Hall–Kier alpha value is -1.34. The molecule has 0 fully saturated rings. The molecule has 3 nitrogen and oxygen atoms in total. The number of amides is 1. The zero-order valence-corrected chi connectivity index (χ0v) is 9.11. The molecule has 17 heavy (non-hydrogen) atoms. The fourth-order valence-electron chi connectivity index (χ4n) is 1.20. The molecule has 0 spiro atoms. The topological polar surface area (TPSA) is 69.1 Å². The molecule has 0 aromatic heterocycles. The van der Waals surface area contributed by atoms with Crippen molar-refractivity contribution in [1.29, 1.82) is 0 Å². The summed E-state index contributed by atoms with van der Waals surface area (Å²) < 4.78 is 50.1. The smallest absolute Gasteiger partial charge is 0.368 e. The lowest BCUT2D eigenvalue weighted by atomic mass is 10.00. The average Bonchev–Trinajstić information content (AvgIpc) is 2.15. The van der Waals surface area contributed by atoms with Crippen LogP contribution in [-0.2, 0) is 11.0 Å². The van der Waals surface area contributed by atoms with Gasteiger partial charge >= 0.3 is 6.18 Å². The summed E-state index contributed by atoms with van der Waals surface area (Å²) >= 11 is 0. The molecule has 8 heteroatoms. The Morgan fingerprint density at radius 3 is 2.24 bits per heavy atom. The van der Waals surface area contributed by atoms with Gasteiger partial charge in [-0.1, -0.05) is 6.07 Å². The lowest BCUT2D eigenvalue weighted by Crippen LogP contribution is -2.30. The van der Waals surface area contributed by atoms with Gasteiger partial charge < -0.3 is 11.5 Å². The molecule has 0 aliphatic rings. The fourth-order valence-corrected chi connectivity index (χ4v) is 1.20. The summed E-state index contributed by atoms with van der Waals surface area (Å²) in [6.45, 7) is 0. The zero-order valence-electron chi connectivity index (χ0n) is 8.29. The summed E-state index contributed by atoms with van der Waals surface area (Å²) in [6.07, 6.45) is -4.79. The molecular formula is C9H9ClF4N2O. The molecule has 4 N–H and O–H groups in total. The van der Waals surface area contributed by atoms with Crippen molar-refractivity contribution in [2.75, 3.05) is 0 Å². The minimum atomic E-state index is -4.79. The monoisotopic (exact) mass is 272 g/mol. The van der Waals surface area contributed by atoms with Crippen LogP contribution in [0.25, 0.3) is 0 Å². The minimum absolute atomic E-state index is 0. The Bertz CT molecular complexity index is 422. The van der Waals surface area contributed by atoms with Crippen LogP contribution in [0.5, 0.6) is 0 Å². The summed E-state index contributed by atoms with van der Waals surface area (Å²) in [5.74, 6) is -2.18. The van der Waals surface area contributed by atoms with Gasteiger partial charge in [-0.3, -0.25) is 4.79 Å². The molecule has 1 aromatic rings. The Morgan fingerprint density at radius 2 is 1.82 bits per heavy atom. The Morgan fingerprint density at radius 1 is 1.29 bits per heavy atom. The van der Waals surface area contributed by atoms with Crippen LogP contribution in [-0.4, -0.2) is 5.91 Å². The van der Waals surface area contributed by atoms with Crippen LogP contribution in [0, 0.1) is 5.82 Å². The highest BCUT2D eigenvalue weighted by atomic mass is 35.5. The summed E-state index contributed by atoms with van der Waals surface area (Å²) in [5.41, 5.74) is 8.15. The number of carbonyl (C=O) groups excluding carboxylic acids is 1. The van der Waals surface area contributed by atoms with Crippen molar-refractivity contribution < 1.29 is 22.4 Å². The molecule has 0 heterocycles. The van der Waals surface area contributed by atoms with E-state index < -0.39 is 35.1 Å². The van der Waals surface area contributed by atoms with Crippen molar-refractivity contribution in [3.8, 4) is 0 Å². The van der Waals surface area contributed by atoms with Gasteiger partial charge in [-0.05, 0) is 17.7 Å². The zero-order chi connectivity index (χ0) is 12.5. The summed E-state index contributed by atoms with van der Waals surface area (Å²) in [5, 5.41) is 0. The van der Waals surface area contributed by atoms with E-state index in [2.05, 4.69) is 0 Å². The van der Waals surface area contributed by atoms with Crippen molar-refractivity contribution in [3.05, 3.63) is 35.1 Å². The molecular weight excluding hydrogens is 264 g/mol. The lowest BCUT2D eigenvalue weighted by Gasteiger charge is -2.15. The largest absolute Gasteiger partial charge is 0.416 e. The third kappa shape index (κ3) is 3.57. The molecule has 0 bridgehead atoms. The molecule has 1 atom stereocenters. The van der Waals surface area contributed by atoms with Crippen molar-refractivity contribution in [3.63, 3.8) is 0 Å². The third-order valence-corrected chi connectivity index (χ3v) is 1.96. The van der Waals surface area contributed by atoms with Gasteiger partial charge in [0.25, 0.3) is 0 Å². The normalized spacial score (nSPS) is 12.8. The number of rotatable bonds is 2. The first kappa shape index (κ1) is 15.7. The highest BCUT2D eigenvalue weighted by Gasteiger charge is 2.36. The number of carbonyl (C=O) groups is 1. The predicted molar refractivity (Wildman–Crippen MR) is 54.8 cm³/mol. The van der Waals surface area contributed by atoms with Gasteiger partial charge in [-0.25, -0.2) is 4.39 Å². The van der Waals surface area contributed by atoms with Gasteiger partial charge in [0, 0.05) is 0 Å². The average molecular weight is 273 g/mol. The van der Waals surface area contributed by atoms with Crippen LogP contribution < -0.4 is 11.5 Å². The van der Waals surface area contributed by atoms with E-state index in [1.807, 2.05) is 0 Å².